The van der Waals surface area contributed by atoms with Crippen LogP contribution in [0.15, 0.2) is 41.4 Å². The van der Waals surface area contributed by atoms with Crippen molar-refractivity contribution in [3.63, 3.8) is 0 Å². The predicted molar refractivity (Wildman–Crippen MR) is 114 cm³/mol. The fourth-order valence-corrected chi connectivity index (χ4v) is 4.16. The standard InChI is InChI=1S/C20H27ClN4OS/c1-22-20(23-9-8-18-6-7-19(21)27-18)24-14-16-4-2-3-5-17(16)15-25-10-12-26-13-11-25/h2-7H,8-15H2,1H3,(H2,22,23,24). The largest absolute Gasteiger partial charge is 0.379 e. The highest BCUT2D eigenvalue weighted by molar-refractivity contribution is 7.16. The molecule has 0 radical (unpaired) electrons. The summed E-state index contributed by atoms with van der Waals surface area (Å²) < 4.78 is 6.28. The zero-order valence-electron chi connectivity index (χ0n) is 15.7. The number of hydrogen-bond donors (Lipinski definition) is 2. The van der Waals surface area contributed by atoms with Crippen molar-refractivity contribution >= 4 is 28.9 Å². The maximum absolute atomic E-state index is 5.98. The first-order valence-electron chi connectivity index (χ1n) is 9.30. The minimum atomic E-state index is 0.755. The molecule has 0 unspecified atom stereocenters. The van der Waals surface area contributed by atoms with Crippen molar-refractivity contribution in [3.8, 4) is 0 Å². The third-order valence-electron chi connectivity index (χ3n) is 4.58. The van der Waals surface area contributed by atoms with E-state index in [9.17, 15) is 0 Å². The number of aliphatic imine (C=N–C) groups is 1. The van der Waals surface area contributed by atoms with Crippen LogP contribution in [0.3, 0.4) is 0 Å². The van der Waals surface area contributed by atoms with Crippen molar-refractivity contribution in [2.75, 3.05) is 39.9 Å². The summed E-state index contributed by atoms with van der Waals surface area (Å²) in [5.41, 5.74) is 2.66. The van der Waals surface area contributed by atoms with E-state index in [0.717, 1.165) is 62.7 Å². The van der Waals surface area contributed by atoms with E-state index in [1.165, 1.54) is 16.0 Å². The molecule has 1 aromatic carbocycles. The van der Waals surface area contributed by atoms with Crippen LogP contribution in [0.5, 0.6) is 0 Å². The van der Waals surface area contributed by atoms with Gasteiger partial charge in [0.15, 0.2) is 5.96 Å². The number of thiophene rings is 1. The summed E-state index contributed by atoms with van der Waals surface area (Å²) in [7, 11) is 1.80. The monoisotopic (exact) mass is 406 g/mol. The molecule has 7 heteroatoms. The Morgan fingerprint density at radius 1 is 1.15 bits per heavy atom. The molecule has 1 saturated heterocycles. The smallest absolute Gasteiger partial charge is 0.191 e. The Balaban J connectivity index is 1.48. The van der Waals surface area contributed by atoms with Gasteiger partial charge in [-0.05, 0) is 29.7 Å². The molecule has 1 fully saturated rings. The van der Waals surface area contributed by atoms with Crippen molar-refractivity contribution in [1.29, 1.82) is 0 Å². The van der Waals surface area contributed by atoms with Crippen LogP contribution in [0, 0.1) is 0 Å². The van der Waals surface area contributed by atoms with Crippen LogP contribution in [-0.4, -0.2) is 50.8 Å². The normalized spacial score (nSPS) is 15.7. The average Bonchev–Trinajstić information content (AvgIpc) is 3.11. The number of morpholine rings is 1. The Morgan fingerprint density at radius 3 is 2.63 bits per heavy atom. The number of hydrogen-bond acceptors (Lipinski definition) is 4. The van der Waals surface area contributed by atoms with Gasteiger partial charge in [0.2, 0.25) is 0 Å². The summed E-state index contributed by atoms with van der Waals surface area (Å²) in [5.74, 6) is 0.818. The Morgan fingerprint density at radius 2 is 1.93 bits per heavy atom. The molecular weight excluding hydrogens is 380 g/mol. The predicted octanol–water partition coefficient (Wildman–Crippen LogP) is 3.14. The summed E-state index contributed by atoms with van der Waals surface area (Å²) in [6, 6.07) is 12.6. The maximum Gasteiger partial charge on any atom is 0.191 e. The fraction of sp³-hybridized carbons (Fsp3) is 0.450. The second-order valence-corrected chi connectivity index (χ2v) is 8.27. The average molecular weight is 407 g/mol. The van der Waals surface area contributed by atoms with Gasteiger partial charge in [-0.25, -0.2) is 0 Å². The van der Waals surface area contributed by atoms with E-state index in [4.69, 9.17) is 16.3 Å². The summed E-state index contributed by atoms with van der Waals surface area (Å²) in [4.78, 5) is 8.05. The molecule has 0 spiro atoms. The van der Waals surface area contributed by atoms with Gasteiger partial charge in [-0.15, -0.1) is 11.3 Å². The quantitative estimate of drug-likeness (QED) is 0.547. The van der Waals surface area contributed by atoms with Crippen molar-refractivity contribution in [3.05, 3.63) is 56.7 Å². The van der Waals surface area contributed by atoms with Crippen molar-refractivity contribution in [2.24, 2.45) is 4.99 Å². The highest BCUT2D eigenvalue weighted by Gasteiger charge is 2.12. The lowest BCUT2D eigenvalue weighted by Gasteiger charge is -2.27. The summed E-state index contributed by atoms with van der Waals surface area (Å²) >= 11 is 7.61. The second kappa shape index (κ2) is 10.7. The van der Waals surface area contributed by atoms with Crippen LogP contribution in [0.4, 0.5) is 0 Å². The van der Waals surface area contributed by atoms with Crippen LogP contribution in [0.2, 0.25) is 4.34 Å². The van der Waals surface area contributed by atoms with Gasteiger partial charge in [-0.3, -0.25) is 9.89 Å². The van der Waals surface area contributed by atoms with Crippen molar-refractivity contribution in [1.82, 2.24) is 15.5 Å². The first-order valence-corrected chi connectivity index (χ1v) is 10.5. The van der Waals surface area contributed by atoms with Crippen LogP contribution in [0.25, 0.3) is 0 Å². The molecule has 0 bridgehead atoms. The van der Waals surface area contributed by atoms with Gasteiger partial charge >= 0.3 is 0 Å². The van der Waals surface area contributed by atoms with Crippen molar-refractivity contribution < 1.29 is 4.74 Å². The topological polar surface area (TPSA) is 48.9 Å². The summed E-state index contributed by atoms with van der Waals surface area (Å²) in [6.07, 6.45) is 0.936. The molecule has 1 aliphatic heterocycles. The van der Waals surface area contributed by atoms with E-state index >= 15 is 0 Å². The molecule has 0 atom stereocenters. The van der Waals surface area contributed by atoms with Crippen molar-refractivity contribution in [2.45, 2.75) is 19.5 Å². The van der Waals surface area contributed by atoms with E-state index in [1.54, 1.807) is 18.4 Å². The Labute approximate surface area is 170 Å². The number of halogens is 1. The summed E-state index contributed by atoms with van der Waals surface area (Å²) in [6.45, 7) is 6.19. The van der Waals surface area contributed by atoms with Gasteiger partial charge < -0.3 is 15.4 Å². The molecule has 0 amide bonds. The molecule has 0 saturated carbocycles. The number of nitrogens with zero attached hydrogens (tertiary/aromatic N) is 2. The Hall–Kier alpha value is -1.60. The second-order valence-electron chi connectivity index (χ2n) is 6.47. The highest BCUT2D eigenvalue weighted by atomic mass is 35.5. The van der Waals surface area contributed by atoms with Gasteiger partial charge in [0, 0.05) is 44.6 Å². The SMILES string of the molecule is CN=C(NCCc1ccc(Cl)s1)NCc1ccccc1CN1CCOCC1. The molecule has 146 valence electrons. The lowest BCUT2D eigenvalue weighted by atomic mass is 10.1. The highest BCUT2D eigenvalue weighted by Crippen LogP contribution is 2.21. The molecule has 1 aliphatic rings. The summed E-state index contributed by atoms with van der Waals surface area (Å²) in [5, 5.41) is 6.80. The van der Waals surface area contributed by atoms with Gasteiger partial charge in [0.05, 0.1) is 17.6 Å². The number of guanidine groups is 1. The molecule has 5 nitrogen and oxygen atoms in total. The van der Waals surface area contributed by atoms with E-state index in [0.29, 0.717) is 0 Å². The zero-order valence-corrected chi connectivity index (χ0v) is 17.3. The van der Waals surface area contributed by atoms with Gasteiger partial charge in [0.1, 0.15) is 0 Å². The van der Waals surface area contributed by atoms with E-state index < -0.39 is 0 Å². The van der Waals surface area contributed by atoms with Crippen LogP contribution >= 0.6 is 22.9 Å². The minimum Gasteiger partial charge on any atom is -0.379 e. The number of nitrogens with one attached hydrogen (secondary N) is 2. The van der Waals surface area contributed by atoms with E-state index in [-0.39, 0.29) is 0 Å². The molecule has 3 rings (SSSR count). The Kier molecular flexibility index (Phi) is 7.95. The van der Waals surface area contributed by atoms with Crippen LogP contribution < -0.4 is 10.6 Å². The molecule has 2 aromatic rings. The first kappa shape index (κ1) is 20.1. The third kappa shape index (κ3) is 6.50. The van der Waals surface area contributed by atoms with Gasteiger partial charge in [-0.2, -0.15) is 0 Å². The third-order valence-corrected chi connectivity index (χ3v) is 5.87. The van der Waals surface area contributed by atoms with Crippen LogP contribution in [-0.2, 0) is 24.2 Å². The minimum absolute atomic E-state index is 0.755. The molecular formula is C20H27ClN4OS. The molecule has 2 heterocycles. The zero-order chi connectivity index (χ0) is 18.9. The van der Waals surface area contributed by atoms with E-state index in [2.05, 4.69) is 50.9 Å². The lowest BCUT2D eigenvalue weighted by molar-refractivity contribution is 0.0341. The molecule has 27 heavy (non-hydrogen) atoms. The van der Waals surface area contributed by atoms with Crippen LogP contribution in [0.1, 0.15) is 16.0 Å². The maximum atomic E-state index is 5.98. The van der Waals surface area contributed by atoms with Gasteiger partial charge in [-0.1, -0.05) is 35.9 Å². The van der Waals surface area contributed by atoms with Gasteiger partial charge in [0.25, 0.3) is 0 Å². The number of rotatable bonds is 7. The molecule has 1 aromatic heterocycles. The fourth-order valence-electron chi connectivity index (χ4n) is 3.07. The number of ether oxygens (including phenoxy) is 1. The Bertz CT molecular complexity index is 743. The first-order chi connectivity index (χ1) is 13.2. The number of benzene rings is 1. The van der Waals surface area contributed by atoms with E-state index in [1.807, 2.05) is 6.07 Å². The molecule has 0 aliphatic carbocycles. The lowest BCUT2D eigenvalue weighted by Crippen LogP contribution is -2.38. The molecule has 2 N–H and O–H groups in total.